The van der Waals surface area contributed by atoms with Gasteiger partial charge in [0.15, 0.2) is 8.07 Å². The molecule has 2 aromatic heterocycles. The molecule has 4 heteroatoms. The van der Waals surface area contributed by atoms with Crippen molar-refractivity contribution in [2.75, 3.05) is 4.90 Å². The van der Waals surface area contributed by atoms with Crippen LogP contribution in [0.1, 0.15) is 47.2 Å². The summed E-state index contributed by atoms with van der Waals surface area (Å²) in [5.41, 5.74) is 13.4. The number of nitrogens with zero attached hydrogens (tertiary/aromatic N) is 2. The van der Waals surface area contributed by atoms with Crippen LogP contribution in [0.25, 0.3) is 47.7 Å². The fourth-order valence-corrected chi connectivity index (χ4v) is 19.7. The summed E-state index contributed by atoms with van der Waals surface area (Å²) in [6.07, 6.45) is 0. The van der Waals surface area contributed by atoms with Crippen LogP contribution in [0.15, 0.2) is 303 Å². The van der Waals surface area contributed by atoms with E-state index in [1.165, 1.54) is 107 Å². The lowest BCUT2D eigenvalue weighted by Crippen LogP contribution is -2.74. The summed E-state index contributed by atoms with van der Waals surface area (Å²) in [5.74, 6) is 0. The third kappa shape index (κ3) is 7.22. The molecule has 1 aliphatic heterocycles. The van der Waals surface area contributed by atoms with Gasteiger partial charge in [-0.1, -0.05) is 257 Å². The maximum absolute atomic E-state index is 2.87. The van der Waals surface area contributed by atoms with Crippen LogP contribution in [-0.4, -0.2) is 12.6 Å². The fourth-order valence-electron chi connectivity index (χ4n) is 13.8. The summed E-state index contributed by atoms with van der Waals surface area (Å²) < 4.78 is 5.15. The fraction of sp³-hybridized carbons (Fsp3) is 0.0526. The second-order valence-corrected chi connectivity index (χ2v) is 26.8. The topological polar surface area (TPSA) is 8.17 Å². The van der Waals surface area contributed by atoms with Gasteiger partial charge in [-0.15, -0.1) is 11.3 Å². The Morgan fingerprint density at radius 1 is 0.325 bits per heavy atom. The maximum Gasteiger partial charge on any atom is 0.179 e. The predicted molar refractivity (Wildman–Crippen MR) is 342 cm³/mol. The van der Waals surface area contributed by atoms with E-state index in [1.807, 2.05) is 11.3 Å². The summed E-state index contributed by atoms with van der Waals surface area (Å²) >= 11 is 1.87. The Labute approximate surface area is 472 Å². The van der Waals surface area contributed by atoms with E-state index in [4.69, 9.17) is 0 Å². The second-order valence-electron chi connectivity index (χ2n) is 22.0. The molecule has 1 aliphatic rings. The molecular weight excluding hydrogens is 1000 g/mol. The molecule has 380 valence electrons. The Balaban J connectivity index is 0.997. The summed E-state index contributed by atoms with van der Waals surface area (Å²) in [5, 5.41) is 10.5. The number of rotatable bonds is 10. The van der Waals surface area contributed by atoms with Crippen LogP contribution in [0.5, 0.6) is 0 Å². The van der Waals surface area contributed by atoms with E-state index in [-0.39, 0.29) is 0 Å². The van der Waals surface area contributed by atoms with Crippen LogP contribution in [0, 0.1) is 0 Å². The average Bonchev–Trinajstić information content (AvgIpc) is 4.13. The number of benzene rings is 12. The Hall–Kier alpha value is -9.32. The summed E-state index contributed by atoms with van der Waals surface area (Å²) in [6, 6.07) is 114. The summed E-state index contributed by atoms with van der Waals surface area (Å²) in [6.45, 7) is 4.90. The number of fused-ring (bicyclic) bond motifs is 8. The Morgan fingerprint density at radius 3 is 1.38 bits per heavy atom. The maximum atomic E-state index is 2.55. The largest absolute Gasteiger partial charge is 0.310 e. The summed E-state index contributed by atoms with van der Waals surface area (Å²) in [4.78, 5) is 2.55. The van der Waals surface area contributed by atoms with Crippen molar-refractivity contribution in [1.29, 1.82) is 0 Å². The molecule has 0 N–H and O–H groups in total. The minimum Gasteiger partial charge on any atom is -0.310 e. The zero-order chi connectivity index (χ0) is 53.4. The van der Waals surface area contributed by atoms with Crippen molar-refractivity contribution in [1.82, 2.24) is 4.57 Å². The minimum atomic E-state index is -2.87. The lowest BCUT2D eigenvalue weighted by atomic mass is 9.63. The second kappa shape index (κ2) is 19.0. The van der Waals surface area contributed by atoms with Gasteiger partial charge in [0.05, 0.1) is 27.8 Å². The van der Waals surface area contributed by atoms with Crippen molar-refractivity contribution in [3.8, 4) is 5.69 Å². The van der Waals surface area contributed by atoms with Gasteiger partial charge in [0.1, 0.15) is 0 Å². The van der Waals surface area contributed by atoms with Crippen LogP contribution in [0.3, 0.4) is 0 Å². The number of hydrogen-bond acceptors (Lipinski definition) is 2. The van der Waals surface area contributed by atoms with Gasteiger partial charge >= 0.3 is 0 Å². The molecule has 0 spiro atoms. The summed E-state index contributed by atoms with van der Waals surface area (Å²) in [7, 11) is -2.87. The highest BCUT2D eigenvalue weighted by atomic mass is 32.1. The highest BCUT2D eigenvalue weighted by Gasteiger charge is 2.44. The Morgan fingerprint density at radius 2 is 0.787 bits per heavy atom. The van der Waals surface area contributed by atoms with E-state index in [0.29, 0.717) is 0 Å². The molecule has 15 rings (SSSR count). The van der Waals surface area contributed by atoms with Gasteiger partial charge in [0.25, 0.3) is 0 Å². The molecule has 0 fully saturated rings. The molecule has 80 heavy (non-hydrogen) atoms. The van der Waals surface area contributed by atoms with Gasteiger partial charge in [-0.05, 0) is 115 Å². The van der Waals surface area contributed by atoms with E-state index < -0.39 is 18.9 Å². The van der Waals surface area contributed by atoms with Crippen molar-refractivity contribution in [3.05, 3.63) is 337 Å². The Kier molecular flexibility index (Phi) is 11.3. The number of anilines is 3. The molecule has 0 saturated heterocycles. The molecule has 3 heterocycles. The van der Waals surface area contributed by atoms with Crippen LogP contribution >= 0.6 is 11.3 Å². The van der Waals surface area contributed by atoms with E-state index in [9.17, 15) is 0 Å². The van der Waals surface area contributed by atoms with E-state index in [1.54, 1.807) is 0 Å². The first-order valence-electron chi connectivity index (χ1n) is 27.8. The first kappa shape index (κ1) is 47.9. The van der Waals surface area contributed by atoms with Gasteiger partial charge in [-0.2, -0.15) is 0 Å². The number of aromatic nitrogens is 1. The molecule has 0 bridgehead atoms. The first-order valence-corrected chi connectivity index (χ1v) is 30.6. The molecule has 0 amide bonds. The van der Waals surface area contributed by atoms with Crippen LogP contribution in [-0.2, 0) is 10.8 Å². The normalized spacial score (nSPS) is 13.2. The number of thiophene rings is 1. The standard InChI is InChI=1S/C76H56N2SSi/c1-75(2)67-49-56(76(53-25-9-3-10-26-53,54-27-11-4-12-28-54)55-29-13-5-14-30-55)41-46-70(67)78(57-43-48-74-66(50-57)65-38-22-24-40-73(65)79-74)71-47-42-58(51-68(71)75)77-69-39-23-21-37-63(69)64-45-44-62(52-72(64)77)80(59-31-15-6-16-32-59,60-33-17-7-18-34-60)61-35-19-8-20-36-61/h3-52H,1-2H3. The van der Waals surface area contributed by atoms with E-state index in [0.717, 1.165) is 11.4 Å². The molecule has 0 aliphatic carbocycles. The zero-order valence-electron chi connectivity index (χ0n) is 44.7. The highest BCUT2D eigenvalue weighted by Crippen LogP contribution is 2.56. The van der Waals surface area contributed by atoms with E-state index >= 15 is 0 Å². The van der Waals surface area contributed by atoms with Gasteiger partial charge in [0, 0.05) is 47.7 Å². The molecule has 0 saturated carbocycles. The van der Waals surface area contributed by atoms with Gasteiger partial charge < -0.3 is 9.47 Å². The van der Waals surface area contributed by atoms with Crippen LogP contribution in [0.2, 0.25) is 0 Å². The predicted octanol–water partition coefficient (Wildman–Crippen LogP) is 17.0. The highest BCUT2D eigenvalue weighted by molar-refractivity contribution is 7.25. The number of hydrogen-bond donors (Lipinski definition) is 0. The molecule has 12 aromatic carbocycles. The average molecular weight is 1060 g/mol. The minimum absolute atomic E-state index is 0.456. The van der Waals surface area contributed by atoms with Crippen molar-refractivity contribution in [2.24, 2.45) is 0 Å². The number of para-hydroxylation sites is 1. The zero-order valence-corrected chi connectivity index (χ0v) is 46.5. The van der Waals surface area contributed by atoms with Gasteiger partial charge in [-0.3, -0.25) is 0 Å². The molecule has 0 radical (unpaired) electrons. The monoisotopic (exact) mass is 1060 g/mol. The third-order valence-corrected chi connectivity index (χ3v) is 23.4. The molecule has 2 nitrogen and oxygen atoms in total. The SMILES string of the molecule is CC1(C)c2cc(-n3c4ccccc4c4ccc([Si](c5ccccc5)(c5ccccc5)c5ccccc5)cc43)ccc2N(c2ccc3sc4ccccc4c3c2)c2ccc(C(c3ccccc3)(c3ccccc3)c3ccccc3)cc21. The molecule has 0 atom stereocenters. The third-order valence-electron chi connectivity index (χ3n) is 17.5. The van der Waals surface area contributed by atoms with Crippen LogP contribution < -0.4 is 25.6 Å². The lowest BCUT2D eigenvalue weighted by molar-refractivity contribution is 0.626. The molecular formula is C76H56N2SSi. The lowest BCUT2D eigenvalue weighted by Gasteiger charge is -2.44. The van der Waals surface area contributed by atoms with Crippen molar-refractivity contribution in [3.63, 3.8) is 0 Å². The Bertz CT molecular complexity index is 4410. The van der Waals surface area contributed by atoms with Gasteiger partial charge in [0.2, 0.25) is 0 Å². The van der Waals surface area contributed by atoms with Gasteiger partial charge in [-0.25, -0.2) is 0 Å². The van der Waals surface area contributed by atoms with E-state index in [2.05, 4.69) is 327 Å². The van der Waals surface area contributed by atoms with Crippen molar-refractivity contribution < 1.29 is 0 Å². The van der Waals surface area contributed by atoms with Crippen molar-refractivity contribution in [2.45, 2.75) is 24.7 Å². The van der Waals surface area contributed by atoms with Crippen molar-refractivity contribution >= 4 is 99.2 Å². The molecule has 14 aromatic rings. The van der Waals surface area contributed by atoms with Crippen LogP contribution in [0.4, 0.5) is 17.1 Å². The molecule has 0 unspecified atom stereocenters. The first-order chi connectivity index (χ1) is 39.4. The smallest absolute Gasteiger partial charge is 0.179 e. The quantitative estimate of drug-likeness (QED) is 0.0979.